The Morgan fingerprint density at radius 1 is 1.21 bits per heavy atom. The van der Waals surface area contributed by atoms with Crippen LogP contribution in [0.5, 0.6) is 0 Å². The van der Waals surface area contributed by atoms with E-state index >= 15 is 0 Å². The van der Waals surface area contributed by atoms with Crippen LogP contribution in [0.15, 0.2) is 52.1 Å². The minimum Gasteiger partial charge on any atom is -0.399 e. The van der Waals surface area contributed by atoms with Crippen LogP contribution in [-0.4, -0.2) is 17.9 Å². The molecule has 2 rings (SSSR count). The van der Waals surface area contributed by atoms with Gasteiger partial charge in [0.25, 0.3) is 0 Å². The second-order valence-corrected chi connectivity index (χ2v) is 4.18. The Morgan fingerprint density at radius 3 is 2.53 bits per heavy atom. The molecule has 0 unspecified atom stereocenters. The number of Topliss-reactive ketones (excluding diaryl/α,β-unsaturated/α-hetero) is 1. The summed E-state index contributed by atoms with van der Waals surface area (Å²) < 4.78 is 0. The third-order valence-electron chi connectivity index (χ3n) is 2.39. The molecule has 0 saturated carbocycles. The Balaban J connectivity index is 2.35. The topological polar surface area (TPSA) is 84.5 Å². The summed E-state index contributed by atoms with van der Waals surface area (Å²) in [6, 6.07) is 6.91. The zero-order valence-corrected chi connectivity index (χ0v) is 10.5. The smallest absolute Gasteiger partial charge is 0.220 e. The van der Waals surface area contributed by atoms with Crippen LogP contribution in [0, 0.1) is 0 Å². The number of nitrogen functional groups attached to an aromatic ring is 1. The molecule has 6 heteroatoms. The van der Waals surface area contributed by atoms with Crippen molar-refractivity contribution in [3.8, 4) is 0 Å². The number of benzene rings is 1. The maximum absolute atomic E-state index is 11.6. The Bertz CT molecular complexity index is 615. The largest absolute Gasteiger partial charge is 0.399 e. The average molecular weight is 276 g/mol. The number of hydrogen-bond acceptors (Lipinski definition) is 4. The minimum absolute atomic E-state index is 0.000968. The first-order valence-electron chi connectivity index (χ1n) is 5.38. The van der Waals surface area contributed by atoms with Crippen molar-refractivity contribution in [3.05, 3.63) is 47.1 Å². The molecular weight excluding hydrogens is 266 g/mol. The van der Waals surface area contributed by atoms with E-state index in [0.717, 1.165) is 0 Å². The van der Waals surface area contributed by atoms with Crippen molar-refractivity contribution in [1.82, 2.24) is 5.32 Å². The molecular formula is C13H10ClN3O2. The molecule has 0 aliphatic heterocycles. The molecule has 3 N–H and O–H groups in total. The summed E-state index contributed by atoms with van der Waals surface area (Å²) in [4.78, 5) is 26.3. The van der Waals surface area contributed by atoms with Gasteiger partial charge in [-0.15, -0.1) is 0 Å². The predicted octanol–water partition coefficient (Wildman–Crippen LogP) is 1.68. The van der Waals surface area contributed by atoms with Gasteiger partial charge in [0.05, 0.1) is 22.1 Å². The molecule has 19 heavy (non-hydrogen) atoms. The van der Waals surface area contributed by atoms with E-state index in [4.69, 9.17) is 17.3 Å². The standard InChI is InChI=1S/C13H10ClN3O2/c14-11-5-10(6-12(13(11)19)16-7-18)17-9-3-1-8(15)2-4-9/h1-7H,15H2,(H,16,18). The fourth-order valence-corrected chi connectivity index (χ4v) is 1.73. The highest BCUT2D eigenvalue weighted by Crippen LogP contribution is 2.19. The summed E-state index contributed by atoms with van der Waals surface area (Å²) in [5.74, 6) is -0.440. The van der Waals surface area contributed by atoms with Gasteiger partial charge in [-0.3, -0.25) is 9.59 Å². The average Bonchev–Trinajstić information content (AvgIpc) is 2.38. The summed E-state index contributed by atoms with van der Waals surface area (Å²) in [7, 11) is 0. The van der Waals surface area contributed by atoms with Crippen LogP contribution in [0.3, 0.4) is 0 Å². The monoisotopic (exact) mass is 275 g/mol. The molecule has 0 aromatic heterocycles. The normalized spacial score (nSPS) is 16.9. The number of carbonyl (C=O) groups is 2. The van der Waals surface area contributed by atoms with Crippen LogP contribution in [0.2, 0.25) is 0 Å². The lowest BCUT2D eigenvalue weighted by atomic mass is 10.1. The van der Waals surface area contributed by atoms with Gasteiger partial charge in [-0.2, -0.15) is 0 Å². The molecule has 1 aliphatic carbocycles. The number of anilines is 1. The summed E-state index contributed by atoms with van der Waals surface area (Å²) in [5, 5.41) is 2.30. The van der Waals surface area contributed by atoms with Gasteiger partial charge in [0.2, 0.25) is 12.2 Å². The van der Waals surface area contributed by atoms with Crippen molar-refractivity contribution in [2.24, 2.45) is 4.99 Å². The number of nitrogens with zero attached hydrogens (tertiary/aromatic N) is 1. The van der Waals surface area contributed by atoms with E-state index < -0.39 is 5.78 Å². The van der Waals surface area contributed by atoms with E-state index in [-0.39, 0.29) is 10.7 Å². The third kappa shape index (κ3) is 3.08. The number of ketones is 1. The first-order valence-corrected chi connectivity index (χ1v) is 5.76. The van der Waals surface area contributed by atoms with Gasteiger partial charge < -0.3 is 11.1 Å². The number of nitrogens with one attached hydrogen (secondary N) is 1. The zero-order chi connectivity index (χ0) is 13.8. The van der Waals surface area contributed by atoms with Crippen molar-refractivity contribution in [2.75, 3.05) is 5.73 Å². The molecule has 1 amide bonds. The molecule has 1 aromatic rings. The molecule has 0 heterocycles. The summed E-state index contributed by atoms with van der Waals surface area (Å²) in [6.45, 7) is 0. The fraction of sp³-hybridized carbons (Fsp3) is 0. The number of rotatable bonds is 3. The summed E-state index contributed by atoms with van der Waals surface area (Å²) >= 11 is 5.80. The molecule has 1 aliphatic rings. The van der Waals surface area contributed by atoms with E-state index in [1.165, 1.54) is 12.2 Å². The highest BCUT2D eigenvalue weighted by Gasteiger charge is 2.18. The summed E-state index contributed by atoms with van der Waals surface area (Å²) in [5.41, 5.74) is 7.44. The third-order valence-corrected chi connectivity index (χ3v) is 2.67. The lowest BCUT2D eigenvalue weighted by Gasteiger charge is -2.09. The Morgan fingerprint density at radius 2 is 1.89 bits per heavy atom. The molecule has 0 saturated heterocycles. The van der Waals surface area contributed by atoms with Crippen molar-refractivity contribution >= 4 is 40.9 Å². The predicted molar refractivity (Wildman–Crippen MR) is 74.2 cm³/mol. The van der Waals surface area contributed by atoms with Gasteiger partial charge in [0.15, 0.2) is 0 Å². The number of aliphatic imine (C=N–C) groups is 1. The molecule has 0 spiro atoms. The van der Waals surface area contributed by atoms with Crippen molar-refractivity contribution in [3.63, 3.8) is 0 Å². The van der Waals surface area contributed by atoms with E-state index in [0.29, 0.717) is 23.5 Å². The number of amides is 1. The zero-order valence-electron chi connectivity index (χ0n) is 9.76. The van der Waals surface area contributed by atoms with Crippen LogP contribution >= 0.6 is 11.6 Å². The Hall–Kier alpha value is -2.40. The van der Waals surface area contributed by atoms with Gasteiger partial charge in [-0.05, 0) is 36.4 Å². The molecule has 0 fully saturated rings. The molecule has 0 atom stereocenters. The number of hydrogen-bond donors (Lipinski definition) is 2. The van der Waals surface area contributed by atoms with Gasteiger partial charge in [-0.1, -0.05) is 11.6 Å². The molecule has 0 radical (unpaired) electrons. The van der Waals surface area contributed by atoms with Gasteiger partial charge in [0.1, 0.15) is 0 Å². The maximum Gasteiger partial charge on any atom is 0.220 e. The van der Waals surface area contributed by atoms with Crippen molar-refractivity contribution in [1.29, 1.82) is 0 Å². The van der Waals surface area contributed by atoms with Crippen LogP contribution in [0.4, 0.5) is 11.4 Å². The van der Waals surface area contributed by atoms with Crippen LogP contribution in [0.1, 0.15) is 0 Å². The van der Waals surface area contributed by atoms with E-state index in [2.05, 4.69) is 10.3 Å². The number of halogens is 1. The van der Waals surface area contributed by atoms with E-state index in [9.17, 15) is 9.59 Å². The molecule has 1 aromatic carbocycles. The van der Waals surface area contributed by atoms with E-state index in [1.807, 2.05) is 0 Å². The molecule has 5 nitrogen and oxygen atoms in total. The number of nitrogens with two attached hydrogens (primary N) is 1. The maximum atomic E-state index is 11.6. The number of allylic oxidation sites excluding steroid dienone is 3. The summed E-state index contributed by atoms with van der Waals surface area (Å²) in [6.07, 6.45) is 3.31. The van der Waals surface area contributed by atoms with Gasteiger partial charge in [0, 0.05) is 5.69 Å². The van der Waals surface area contributed by atoms with Crippen molar-refractivity contribution < 1.29 is 9.59 Å². The first-order chi connectivity index (χ1) is 9.10. The second kappa shape index (κ2) is 5.49. The van der Waals surface area contributed by atoms with Crippen LogP contribution < -0.4 is 11.1 Å². The van der Waals surface area contributed by atoms with Crippen LogP contribution in [-0.2, 0) is 9.59 Å². The second-order valence-electron chi connectivity index (χ2n) is 3.77. The minimum atomic E-state index is -0.440. The quantitative estimate of drug-likeness (QED) is 0.500. The van der Waals surface area contributed by atoms with Gasteiger partial charge >= 0.3 is 0 Å². The first kappa shape index (κ1) is 13.0. The van der Waals surface area contributed by atoms with Crippen LogP contribution in [0.25, 0.3) is 0 Å². The lowest BCUT2D eigenvalue weighted by Crippen LogP contribution is -2.23. The SMILES string of the molecule is Nc1ccc(N=C2C=C(Cl)C(=O)C(NC=O)=C2)cc1. The molecule has 0 bridgehead atoms. The fourth-order valence-electron chi connectivity index (χ4n) is 1.51. The highest BCUT2D eigenvalue weighted by molar-refractivity contribution is 6.48. The molecule has 96 valence electrons. The Labute approximate surface area is 114 Å². The number of carbonyl (C=O) groups excluding carboxylic acids is 2. The Kier molecular flexibility index (Phi) is 3.77. The lowest BCUT2D eigenvalue weighted by molar-refractivity contribution is -0.114. The van der Waals surface area contributed by atoms with Crippen molar-refractivity contribution in [2.45, 2.75) is 0 Å². The van der Waals surface area contributed by atoms with Gasteiger partial charge in [-0.25, -0.2) is 4.99 Å². The highest BCUT2D eigenvalue weighted by atomic mass is 35.5. The van der Waals surface area contributed by atoms with E-state index in [1.54, 1.807) is 24.3 Å².